The molecule has 0 amide bonds. The van der Waals surface area contributed by atoms with Crippen LogP contribution in [0.3, 0.4) is 0 Å². The number of guanidine groups is 1. The van der Waals surface area contributed by atoms with Crippen LogP contribution in [0, 0.1) is 0 Å². The lowest BCUT2D eigenvalue weighted by Crippen LogP contribution is -2.57. The Bertz CT molecular complexity index is 607. The highest BCUT2D eigenvalue weighted by atomic mass is 32.2. The fourth-order valence-electron chi connectivity index (χ4n) is 2.44. The van der Waals surface area contributed by atoms with E-state index in [1.54, 1.807) is 20.0 Å². The first-order chi connectivity index (χ1) is 10.4. The third kappa shape index (κ3) is 3.79. The average molecular weight is 327 g/mol. The molecular weight excluding hydrogens is 302 g/mol. The van der Waals surface area contributed by atoms with Crippen LogP contribution in [0.15, 0.2) is 23.5 Å². The van der Waals surface area contributed by atoms with Crippen LogP contribution in [0.2, 0.25) is 0 Å². The first-order valence-electron chi connectivity index (χ1n) is 7.59. The molecule has 2 rings (SSSR count). The molecular formula is C14H25N5O2S. The Balaban J connectivity index is 2.04. The molecule has 2 heterocycles. The Kier molecular flexibility index (Phi) is 5.10. The topological polar surface area (TPSA) is 79.6 Å². The van der Waals surface area contributed by atoms with Crippen molar-refractivity contribution in [3.63, 3.8) is 0 Å². The van der Waals surface area contributed by atoms with Crippen LogP contribution in [0.5, 0.6) is 0 Å². The summed E-state index contributed by atoms with van der Waals surface area (Å²) < 4.78 is 25.3. The lowest BCUT2D eigenvalue weighted by Gasteiger charge is -2.39. The highest BCUT2D eigenvalue weighted by Gasteiger charge is 2.40. The Hall–Kier alpha value is -1.57. The van der Waals surface area contributed by atoms with Crippen LogP contribution in [-0.2, 0) is 16.4 Å². The monoisotopic (exact) mass is 327 g/mol. The van der Waals surface area contributed by atoms with Crippen molar-refractivity contribution < 1.29 is 8.42 Å². The molecule has 0 aliphatic carbocycles. The summed E-state index contributed by atoms with van der Waals surface area (Å²) in [5.41, 5.74) is 0. The van der Waals surface area contributed by atoms with Gasteiger partial charge in [-0.1, -0.05) is 0 Å². The van der Waals surface area contributed by atoms with E-state index in [1.165, 1.54) is 0 Å². The summed E-state index contributed by atoms with van der Waals surface area (Å²) in [5, 5.41) is 7.40. The van der Waals surface area contributed by atoms with Gasteiger partial charge in [0.15, 0.2) is 15.8 Å². The van der Waals surface area contributed by atoms with Gasteiger partial charge in [-0.2, -0.15) is 5.10 Å². The summed E-state index contributed by atoms with van der Waals surface area (Å²) in [4.78, 5) is 6.64. The summed E-state index contributed by atoms with van der Waals surface area (Å²) >= 11 is 0. The van der Waals surface area contributed by atoms with Crippen LogP contribution < -0.4 is 5.32 Å². The van der Waals surface area contributed by atoms with Crippen molar-refractivity contribution >= 4 is 15.8 Å². The van der Waals surface area contributed by atoms with Crippen LogP contribution in [0.1, 0.15) is 20.8 Å². The number of aromatic nitrogens is 2. The number of sulfone groups is 1. The zero-order valence-electron chi connectivity index (χ0n) is 13.5. The van der Waals surface area contributed by atoms with Crippen LogP contribution in [-0.4, -0.2) is 65.7 Å². The molecule has 0 saturated carbocycles. The fourth-order valence-corrected chi connectivity index (χ4v) is 3.81. The highest BCUT2D eigenvalue weighted by molar-refractivity contribution is 7.92. The number of rotatable bonds is 4. The molecule has 1 saturated heterocycles. The fraction of sp³-hybridized carbons (Fsp3) is 0.714. The minimum Gasteiger partial charge on any atom is -0.357 e. The Labute approximate surface area is 132 Å². The second-order valence-corrected chi connectivity index (χ2v) is 8.75. The van der Waals surface area contributed by atoms with Crippen molar-refractivity contribution in [3.05, 3.63) is 18.5 Å². The van der Waals surface area contributed by atoms with Gasteiger partial charge in [-0.05, 0) is 26.8 Å². The third-order valence-electron chi connectivity index (χ3n) is 3.83. The minimum atomic E-state index is -3.04. The summed E-state index contributed by atoms with van der Waals surface area (Å²) in [6.07, 6.45) is 3.64. The van der Waals surface area contributed by atoms with E-state index in [0.717, 1.165) is 12.5 Å². The molecule has 0 spiro atoms. The molecule has 7 nitrogen and oxygen atoms in total. The zero-order valence-corrected chi connectivity index (χ0v) is 14.3. The molecule has 1 aliphatic heterocycles. The zero-order chi connectivity index (χ0) is 16.2. The molecule has 1 fully saturated rings. The smallest absolute Gasteiger partial charge is 0.194 e. The van der Waals surface area contributed by atoms with Gasteiger partial charge < -0.3 is 10.2 Å². The predicted octanol–water partition coefficient (Wildman–Crippen LogP) is 0.358. The number of nitrogens with one attached hydrogen (secondary N) is 1. The average Bonchev–Trinajstić information content (AvgIpc) is 2.94. The second-order valence-electron chi connectivity index (χ2n) is 6.00. The maximum atomic E-state index is 12.1. The standard InChI is InChI=1S/C14H25N5O2S/c1-4-15-13(16-7-9-19-8-5-6-17-19)18-10-11-22(20,21)14(2,3)12-18/h5-6,8H,4,7,9-12H2,1-3H3,(H,15,16). The molecule has 0 aromatic carbocycles. The van der Waals surface area contributed by atoms with E-state index < -0.39 is 14.6 Å². The predicted molar refractivity (Wildman–Crippen MR) is 87.6 cm³/mol. The van der Waals surface area contributed by atoms with Gasteiger partial charge in [0.05, 0.1) is 23.6 Å². The normalized spacial score (nSPS) is 20.9. The van der Waals surface area contributed by atoms with Crippen molar-refractivity contribution in [2.45, 2.75) is 32.1 Å². The molecule has 1 aromatic rings. The van der Waals surface area contributed by atoms with Crippen LogP contribution in [0.25, 0.3) is 0 Å². The van der Waals surface area contributed by atoms with Gasteiger partial charge in [0.25, 0.3) is 0 Å². The quantitative estimate of drug-likeness (QED) is 0.638. The van der Waals surface area contributed by atoms with Crippen LogP contribution in [0.4, 0.5) is 0 Å². The van der Waals surface area contributed by atoms with Gasteiger partial charge in [-0.25, -0.2) is 8.42 Å². The SMILES string of the molecule is CCNC(=NCCn1cccn1)N1CCS(=O)(=O)C(C)(C)C1. The van der Waals surface area contributed by atoms with Crippen molar-refractivity contribution in [2.24, 2.45) is 4.99 Å². The van der Waals surface area contributed by atoms with Gasteiger partial charge in [0, 0.05) is 32.0 Å². The van der Waals surface area contributed by atoms with Crippen molar-refractivity contribution in [1.82, 2.24) is 20.0 Å². The molecule has 22 heavy (non-hydrogen) atoms. The third-order valence-corrected chi connectivity index (χ3v) is 6.36. The van der Waals surface area contributed by atoms with Crippen molar-refractivity contribution in [1.29, 1.82) is 0 Å². The first kappa shape index (κ1) is 16.8. The number of hydrogen-bond acceptors (Lipinski definition) is 4. The van der Waals surface area contributed by atoms with Crippen LogP contribution >= 0.6 is 0 Å². The van der Waals surface area contributed by atoms with E-state index in [1.807, 2.05) is 28.8 Å². The summed E-state index contributed by atoms with van der Waals surface area (Å²) in [6.45, 7) is 8.58. The number of nitrogens with zero attached hydrogens (tertiary/aromatic N) is 4. The maximum Gasteiger partial charge on any atom is 0.194 e. The summed E-state index contributed by atoms with van der Waals surface area (Å²) in [5.74, 6) is 0.946. The molecule has 8 heteroatoms. The summed E-state index contributed by atoms with van der Waals surface area (Å²) in [7, 11) is -3.04. The molecule has 0 unspecified atom stereocenters. The highest BCUT2D eigenvalue weighted by Crippen LogP contribution is 2.23. The van der Waals surface area contributed by atoms with Gasteiger partial charge in [-0.15, -0.1) is 0 Å². The van der Waals surface area contributed by atoms with E-state index in [0.29, 0.717) is 26.2 Å². The molecule has 0 bridgehead atoms. The number of aliphatic imine (C=N–C) groups is 1. The Morgan fingerprint density at radius 2 is 2.23 bits per heavy atom. The Morgan fingerprint density at radius 3 is 2.82 bits per heavy atom. The maximum absolute atomic E-state index is 12.1. The van der Waals surface area contributed by atoms with Gasteiger partial charge in [-0.3, -0.25) is 9.67 Å². The Morgan fingerprint density at radius 1 is 1.45 bits per heavy atom. The van der Waals surface area contributed by atoms with Crippen molar-refractivity contribution in [3.8, 4) is 0 Å². The second kappa shape index (κ2) is 6.68. The minimum absolute atomic E-state index is 0.170. The first-order valence-corrected chi connectivity index (χ1v) is 9.24. The molecule has 1 N–H and O–H groups in total. The molecule has 1 aromatic heterocycles. The number of hydrogen-bond donors (Lipinski definition) is 1. The van der Waals surface area contributed by atoms with Gasteiger partial charge in [0.1, 0.15) is 0 Å². The van der Waals surface area contributed by atoms with E-state index in [2.05, 4.69) is 15.4 Å². The lowest BCUT2D eigenvalue weighted by atomic mass is 10.2. The molecule has 0 radical (unpaired) electrons. The largest absolute Gasteiger partial charge is 0.357 e. The van der Waals surface area contributed by atoms with Gasteiger partial charge in [0.2, 0.25) is 0 Å². The molecule has 124 valence electrons. The van der Waals surface area contributed by atoms with E-state index in [4.69, 9.17) is 0 Å². The van der Waals surface area contributed by atoms with E-state index in [9.17, 15) is 8.42 Å². The summed E-state index contributed by atoms with van der Waals surface area (Å²) in [6, 6.07) is 1.88. The van der Waals surface area contributed by atoms with E-state index >= 15 is 0 Å². The lowest BCUT2D eigenvalue weighted by molar-refractivity contribution is 0.353. The molecule has 0 atom stereocenters. The van der Waals surface area contributed by atoms with E-state index in [-0.39, 0.29) is 5.75 Å². The molecule has 1 aliphatic rings. The van der Waals surface area contributed by atoms with Crippen molar-refractivity contribution in [2.75, 3.05) is 31.9 Å². The van der Waals surface area contributed by atoms with Gasteiger partial charge >= 0.3 is 0 Å².